The minimum absolute atomic E-state index is 0.0546. The van der Waals surface area contributed by atoms with E-state index in [0.29, 0.717) is 29.1 Å². The van der Waals surface area contributed by atoms with E-state index in [1.807, 2.05) is 0 Å². The SMILES string of the molecule is CC(C)(C)Cc1nc2cc(NC(=O)c3ccc(C(=O)O)o3)ccc2o1. The summed E-state index contributed by atoms with van der Waals surface area (Å²) in [7, 11) is 0. The number of carbonyl (C=O) groups is 2. The fraction of sp³-hybridized carbons (Fsp3) is 0.278. The van der Waals surface area contributed by atoms with E-state index < -0.39 is 11.9 Å². The van der Waals surface area contributed by atoms with Gasteiger partial charge >= 0.3 is 5.97 Å². The first-order valence-electron chi connectivity index (χ1n) is 7.75. The number of rotatable bonds is 4. The van der Waals surface area contributed by atoms with Gasteiger partial charge in [-0.1, -0.05) is 20.8 Å². The number of hydrogen-bond acceptors (Lipinski definition) is 5. The highest BCUT2D eigenvalue weighted by Gasteiger charge is 2.18. The number of nitrogens with zero attached hydrogens (tertiary/aromatic N) is 1. The summed E-state index contributed by atoms with van der Waals surface area (Å²) in [4.78, 5) is 27.4. The standard InChI is InChI=1S/C18H18N2O5/c1-18(2,3)9-15-20-11-8-10(4-5-12(11)25-15)19-16(21)13-6-7-14(24-13)17(22)23/h4-8H,9H2,1-3H3,(H,19,21)(H,22,23). The lowest BCUT2D eigenvalue weighted by atomic mass is 9.92. The molecule has 1 aromatic carbocycles. The first-order chi connectivity index (χ1) is 11.7. The summed E-state index contributed by atoms with van der Waals surface area (Å²) in [6.45, 7) is 6.30. The number of furan rings is 1. The molecule has 0 bridgehead atoms. The minimum Gasteiger partial charge on any atom is -0.475 e. The first kappa shape index (κ1) is 16.8. The second-order valence-electron chi connectivity index (χ2n) is 6.95. The van der Waals surface area contributed by atoms with Gasteiger partial charge in [0.05, 0.1) is 0 Å². The lowest BCUT2D eigenvalue weighted by Gasteiger charge is -2.14. The number of carboxylic acid groups (broad SMARTS) is 1. The van der Waals surface area contributed by atoms with Gasteiger partial charge in [0.25, 0.3) is 5.91 Å². The lowest BCUT2D eigenvalue weighted by Crippen LogP contribution is -2.10. The zero-order chi connectivity index (χ0) is 18.2. The third-order valence-electron chi connectivity index (χ3n) is 3.41. The van der Waals surface area contributed by atoms with Gasteiger partial charge in [-0.15, -0.1) is 0 Å². The Morgan fingerprint density at radius 3 is 2.48 bits per heavy atom. The van der Waals surface area contributed by atoms with E-state index in [1.54, 1.807) is 18.2 Å². The zero-order valence-electron chi connectivity index (χ0n) is 14.1. The third-order valence-corrected chi connectivity index (χ3v) is 3.41. The van der Waals surface area contributed by atoms with Crippen molar-refractivity contribution in [3.63, 3.8) is 0 Å². The Kier molecular flexibility index (Phi) is 4.08. The molecule has 1 amide bonds. The summed E-state index contributed by atoms with van der Waals surface area (Å²) >= 11 is 0. The number of fused-ring (bicyclic) bond motifs is 1. The number of amides is 1. The second-order valence-corrected chi connectivity index (χ2v) is 6.95. The van der Waals surface area contributed by atoms with Crippen LogP contribution >= 0.6 is 0 Å². The molecule has 0 fully saturated rings. The van der Waals surface area contributed by atoms with Gasteiger partial charge in [-0.2, -0.15) is 0 Å². The van der Waals surface area contributed by atoms with Crippen molar-refractivity contribution in [1.29, 1.82) is 0 Å². The van der Waals surface area contributed by atoms with E-state index in [2.05, 4.69) is 31.1 Å². The van der Waals surface area contributed by atoms with Crippen LogP contribution in [0.3, 0.4) is 0 Å². The minimum atomic E-state index is -1.23. The largest absolute Gasteiger partial charge is 0.475 e. The van der Waals surface area contributed by atoms with Crippen molar-refractivity contribution >= 4 is 28.7 Å². The maximum Gasteiger partial charge on any atom is 0.371 e. The summed E-state index contributed by atoms with van der Waals surface area (Å²) in [6, 6.07) is 7.66. The summed E-state index contributed by atoms with van der Waals surface area (Å²) in [5.41, 5.74) is 1.85. The van der Waals surface area contributed by atoms with Gasteiger partial charge in [0.1, 0.15) is 5.52 Å². The molecule has 130 valence electrons. The second kappa shape index (κ2) is 6.08. The zero-order valence-corrected chi connectivity index (χ0v) is 14.1. The molecule has 3 aromatic rings. The summed E-state index contributed by atoms with van der Waals surface area (Å²) in [5, 5.41) is 11.5. The molecule has 2 aromatic heterocycles. The Bertz CT molecular complexity index is 946. The van der Waals surface area contributed by atoms with Crippen LogP contribution in [-0.2, 0) is 6.42 Å². The molecule has 0 atom stereocenters. The van der Waals surface area contributed by atoms with Crippen LogP contribution in [0.2, 0.25) is 0 Å². The normalized spacial score (nSPS) is 11.6. The quantitative estimate of drug-likeness (QED) is 0.743. The smallest absolute Gasteiger partial charge is 0.371 e. The molecule has 0 radical (unpaired) electrons. The van der Waals surface area contributed by atoms with Crippen molar-refractivity contribution in [2.75, 3.05) is 5.32 Å². The van der Waals surface area contributed by atoms with Crippen molar-refractivity contribution in [3.05, 3.63) is 47.7 Å². The molecule has 0 aliphatic rings. The number of carboxylic acids is 1. The molecule has 0 saturated carbocycles. The Morgan fingerprint density at radius 2 is 1.84 bits per heavy atom. The molecule has 25 heavy (non-hydrogen) atoms. The van der Waals surface area contributed by atoms with E-state index in [-0.39, 0.29) is 16.9 Å². The van der Waals surface area contributed by atoms with Crippen molar-refractivity contribution in [1.82, 2.24) is 4.98 Å². The first-order valence-corrected chi connectivity index (χ1v) is 7.75. The van der Waals surface area contributed by atoms with Gasteiger partial charge < -0.3 is 19.3 Å². The molecule has 0 saturated heterocycles. The topological polar surface area (TPSA) is 106 Å². The molecule has 7 nitrogen and oxygen atoms in total. The van der Waals surface area contributed by atoms with E-state index in [9.17, 15) is 9.59 Å². The molecule has 0 unspecified atom stereocenters. The van der Waals surface area contributed by atoms with Crippen LogP contribution in [0.5, 0.6) is 0 Å². The number of hydrogen-bond donors (Lipinski definition) is 2. The van der Waals surface area contributed by atoms with E-state index in [0.717, 1.165) is 0 Å². The highest BCUT2D eigenvalue weighted by molar-refractivity contribution is 6.03. The van der Waals surface area contributed by atoms with Crippen LogP contribution in [0.25, 0.3) is 11.1 Å². The maximum absolute atomic E-state index is 12.1. The maximum atomic E-state index is 12.1. The van der Waals surface area contributed by atoms with Crippen LogP contribution in [0.1, 0.15) is 47.8 Å². The predicted octanol–water partition coefficient (Wildman–Crippen LogP) is 3.96. The van der Waals surface area contributed by atoms with Gasteiger partial charge in [-0.3, -0.25) is 4.79 Å². The van der Waals surface area contributed by atoms with Gasteiger partial charge in [0.2, 0.25) is 5.76 Å². The molecular formula is C18H18N2O5. The Morgan fingerprint density at radius 1 is 1.12 bits per heavy atom. The Hall–Kier alpha value is -3.09. The summed E-state index contributed by atoms with van der Waals surface area (Å²) in [6.07, 6.45) is 0.702. The van der Waals surface area contributed by atoms with Crippen LogP contribution in [0.4, 0.5) is 5.69 Å². The highest BCUT2D eigenvalue weighted by atomic mass is 16.4. The molecule has 7 heteroatoms. The number of aromatic nitrogens is 1. The number of carbonyl (C=O) groups excluding carboxylic acids is 1. The van der Waals surface area contributed by atoms with Crippen LogP contribution < -0.4 is 5.32 Å². The Balaban J connectivity index is 1.79. The van der Waals surface area contributed by atoms with Gasteiger partial charge in [-0.05, 0) is 35.7 Å². The highest BCUT2D eigenvalue weighted by Crippen LogP contribution is 2.25. The number of oxazole rings is 1. The molecule has 0 spiro atoms. The average Bonchev–Trinajstić information content (AvgIpc) is 3.10. The average molecular weight is 342 g/mol. The van der Waals surface area contributed by atoms with Crippen molar-refractivity contribution in [3.8, 4) is 0 Å². The molecule has 3 rings (SSSR count). The summed E-state index contributed by atoms with van der Waals surface area (Å²) in [5.74, 6) is -1.49. The van der Waals surface area contributed by atoms with Crippen molar-refractivity contribution in [2.24, 2.45) is 5.41 Å². The van der Waals surface area contributed by atoms with E-state index in [1.165, 1.54) is 12.1 Å². The number of benzene rings is 1. The number of nitrogens with one attached hydrogen (secondary N) is 1. The van der Waals surface area contributed by atoms with Crippen LogP contribution in [0.15, 0.2) is 39.2 Å². The number of aromatic carboxylic acids is 1. The van der Waals surface area contributed by atoms with Gasteiger partial charge in [-0.25, -0.2) is 9.78 Å². The van der Waals surface area contributed by atoms with Crippen LogP contribution in [-0.4, -0.2) is 22.0 Å². The predicted molar refractivity (Wildman–Crippen MR) is 90.8 cm³/mol. The van der Waals surface area contributed by atoms with E-state index >= 15 is 0 Å². The van der Waals surface area contributed by atoms with Crippen LogP contribution in [0, 0.1) is 5.41 Å². The molecule has 0 aliphatic heterocycles. The van der Waals surface area contributed by atoms with Gasteiger partial charge in [0, 0.05) is 12.1 Å². The molecule has 2 N–H and O–H groups in total. The fourth-order valence-electron chi connectivity index (χ4n) is 2.35. The molecule has 0 aliphatic carbocycles. The molecule has 2 heterocycles. The molecular weight excluding hydrogens is 324 g/mol. The fourth-order valence-corrected chi connectivity index (χ4v) is 2.35. The summed E-state index contributed by atoms with van der Waals surface area (Å²) < 4.78 is 10.7. The van der Waals surface area contributed by atoms with E-state index in [4.69, 9.17) is 13.9 Å². The lowest BCUT2D eigenvalue weighted by molar-refractivity contribution is 0.0660. The van der Waals surface area contributed by atoms with Crippen molar-refractivity contribution in [2.45, 2.75) is 27.2 Å². The number of anilines is 1. The Labute approximate surface area is 143 Å². The van der Waals surface area contributed by atoms with Gasteiger partial charge in [0.15, 0.2) is 17.2 Å². The van der Waals surface area contributed by atoms with Crippen molar-refractivity contribution < 1.29 is 23.5 Å². The third kappa shape index (κ3) is 3.88. The monoisotopic (exact) mass is 342 g/mol.